The summed E-state index contributed by atoms with van der Waals surface area (Å²) in [6, 6.07) is 5.68. The van der Waals surface area contributed by atoms with E-state index in [0.29, 0.717) is 32.4 Å². The predicted molar refractivity (Wildman–Crippen MR) is 85.8 cm³/mol. The molecule has 0 radical (unpaired) electrons. The van der Waals surface area contributed by atoms with E-state index in [1.807, 2.05) is 4.90 Å². The van der Waals surface area contributed by atoms with Gasteiger partial charge >= 0.3 is 6.18 Å². The first kappa shape index (κ1) is 18.6. The Balaban J connectivity index is 1.62. The average Bonchev–Trinajstić information content (AvgIpc) is 2.58. The molecule has 0 unspecified atom stereocenters. The van der Waals surface area contributed by atoms with E-state index in [-0.39, 0.29) is 36.8 Å². The fraction of sp³-hybridized carbons (Fsp3) is 0.667. The minimum Gasteiger partial charge on any atom is -0.394 e. The highest BCUT2D eigenvalue weighted by atomic mass is 19.4. The number of rotatable bonds is 5. The first-order valence-corrected chi connectivity index (χ1v) is 8.65. The zero-order valence-corrected chi connectivity index (χ0v) is 14.0. The molecule has 0 amide bonds. The van der Waals surface area contributed by atoms with Gasteiger partial charge in [0.25, 0.3) is 0 Å². The van der Waals surface area contributed by atoms with Crippen LogP contribution in [0.5, 0.6) is 0 Å². The molecule has 25 heavy (non-hydrogen) atoms. The summed E-state index contributed by atoms with van der Waals surface area (Å²) in [5.74, 6) is 0. The molecule has 2 aliphatic rings. The summed E-state index contributed by atoms with van der Waals surface area (Å²) in [5.41, 5.74) is -0.605. The maximum atomic E-state index is 13.1. The highest BCUT2D eigenvalue weighted by Crippen LogP contribution is 2.51. The van der Waals surface area contributed by atoms with Crippen LogP contribution in [0.4, 0.5) is 13.2 Å². The summed E-state index contributed by atoms with van der Waals surface area (Å²) in [7, 11) is 0. The number of nitrogens with zero attached hydrogens (tertiary/aromatic N) is 1. The third-order valence-electron chi connectivity index (χ3n) is 5.66. The van der Waals surface area contributed by atoms with E-state index in [9.17, 15) is 18.3 Å². The fourth-order valence-corrected chi connectivity index (χ4v) is 4.11. The van der Waals surface area contributed by atoms with Crippen LogP contribution in [0.2, 0.25) is 0 Å². The van der Waals surface area contributed by atoms with Crippen LogP contribution in [0.1, 0.15) is 30.4 Å². The smallest absolute Gasteiger partial charge is 0.394 e. The highest BCUT2D eigenvalue weighted by Gasteiger charge is 2.56. The summed E-state index contributed by atoms with van der Waals surface area (Å²) < 4.78 is 45.0. The normalized spacial score (nSPS) is 26.6. The number of aliphatic hydroxyl groups is 2. The summed E-state index contributed by atoms with van der Waals surface area (Å²) >= 11 is 0. The van der Waals surface area contributed by atoms with Gasteiger partial charge in [-0.25, -0.2) is 0 Å². The lowest BCUT2D eigenvalue weighted by atomic mass is 9.58. The molecule has 2 fully saturated rings. The first-order valence-electron chi connectivity index (χ1n) is 8.65. The molecule has 1 heterocycles. The van der Waals surface area contributed by atoms with Crippen LogP contribution in [0.15, 0.2) is 24.3 Å². The van der Waals surface area contributed by atoms with Crippen molar-refractivity contribution in [2.75, 3.05) is 26.3 Å². The standard InChI is InChI=1S/C18H24F3NO3/c19-18(20,21)14-4-2-1-3-13(14)12-22-7-5-17(6-8-22)15(24)11-16(17)25-10-9-23/h1-4,15-16,23-24H,5-12H2/t15-,16+/m1/s1. The Hall–Kier alpha value is -1.15. The Morgan fingerprint density at radius 2 is 1.88 bits per heavy atom. The van der Waals surface area contributed by atoms with Gasteiger partial charge in [0, 0.05) is 18.4 Å². The highest BCUT2D eigenvalue weighted by molar-refractivity contribution is 5.29. The van der Waals surface area contributed by atoms with Gasteiger partial charge in [-0.1, -0.05) is 18.2 Å². The van der Waals surface area contributed by atoms with Crippen LogP contribution in [-0.4, -0.2) is 53.6 Å². The van der Waals surface area contributed by atoms with E-state index in [0.717, 1.165) is 6.07 Å². The van der Waals surface area contributed by atoms with Crippen molar-refractivity contribution in [1.29, 1.82) is 0 Å². The van der Waals surface area contributed by atoms with Crippen LogP contribution in [0, 0.1) is 5.41 Å². The molecule has 1 aliphatic heterocycles. The molecule has 1 aliphatic carbocycles. The van der Waals surface area contributed by atoms with E-state index in [1.54, 1.807) is 6.07 Å². The van der Waals surface area contributed by atoms with Crippen molar-refractivity contribution < 1.29 is 28.1 Å². The second-order valence-electron chi connectivity index (χ2n) is 7.00. The fourth-order valence-electron chi connectivity index (χ4n) is 4.11. The van der Waals surface area contributed by atoms with E-state index in [1.165, 1.54) is 12.1 Å². The molecule has 1 saturated heterocycles. The number of hydrogen-bond donors (Lipinski definition) is 2. The molecular formula is C18H24F3NO3. The second kappa shape index (κ2) is 7.23. The SMILES string of the molecule is OCCO[C@H]1C[C@@H](O)C12CCN(Cc1ccccc1C(F)(F)F)CC2. The minimum atomic E-state index is -4.35. The van der Waals surface area contributed by atoms with Gasteiger partial charge in [0.05, 0.1) is 31.0 Å². The van der Waals surface area contributed by atoms with E-state index in [2.05, 4.69) is 0 Å². The quantitative estimate of drug-likeness (QED) is 0.848. The van der Waals surface area contributed by atoms with Crippen molar-refractivity contribution in [2.24, 2.45) is 5.41 Å². The molecule has 1 spiro atoms. The van der Waals surface area contributed by atoms with Crippen LogP contribution in [0.25, 0.3) is 0 Å². The number of ether oxygens (including phenoxy) is 1. The Kier molecular flexibility index (Phi) is 5.39. The molecule has 7 heteroatoms. The van der Waals surface area contributed by atoms with E-state index in [4.69, 9.17) is 9.84 Å². The Morgan fingerprint density at radius 3 is 2.48 bits per heavy atom. The second-order valence-corrected chi connectivity index (χ2v) is 7.00. The maximum Gasteiger partial charge on any atom is 0.416 e. The Bertz CT molecular complexity index is 585. The van der Waals surface area contributed by atoms with Gasteiger partial charge in [-0.05, 0) is 37.6 Å². The first-order chi connectivity index (χ1) is 11.9. The van der Waals surface area contributed by atoms with E-state index >= 15 is 0 Å². The number of benzene rings is 1. The zero-order chi connectivity index (χ0) is 18.1. The van der Waals surface area contributed by atoms with Crippen molar-refractivity contribution in [3.8, 4) is 0 Å². The molecule has 1 saturated carbocycles. The lowest BCUT2D eigenvalue weighted by Crippen LogP contribution is -2.62. The Labute approximate surface area is 145 Å². The summed E-state index contributed by atoms with van der Waals surface area (Å²) in [6.07, 6.45) is -2.89. The van der Waals surface area contributed by atoms with Crippen LogP contribution in [-0.2, 0) is 17.5 Å². The maximum absolute atomic E-state index is 13.1. The van der Waals surface area contributed by atoms with Gasteiger partial charge in [-0.2, -0.15) is 13.2 Å². The summed E-state index contributed by atoms with van der Waals surface area (Å²) in [4.78, 5) is 2.00. The molecular weight excluding hydrogens is 335 g/mol. The van der Waals surface area contributed by atoms with Crippen LogP contribution >= 0.6 is 0 Å². The van der Waals surface area contributed by atoms with Gasteiger partial charge in [0.15, 0.2) is 0 Å². The number of likely N-dealkylation sites (tertiary alicyclic amines) is 1. The predicted octanol–water partition coefficient (Wildman–Crippen LogP) is 2.43. The van der Waals surface area contributed by atoms with E-state index < -0.39 is 17.8 Å². The van der Waals surface area contributed by atoms with Crippen molar-refractivity contribution in [3.05, 3.63) is 35.4 Å². The number of aliphatic hydroxyl groups excluding tert-OH is 2. The van der Waals surface area contributed by atoms with Crippen LogP contribution in [0.3, 0.4) is 0 Å². The topological polar surface area (TPSA) is 52.9 Å². The Morgan fingerprint density at radius 1 is 1.20 bits per heavy atom. The lowest BCUT2D eigenvalue weighted by molar-refractivity contribution is -0.213. The number of hydrogen-bond acceptors (Lipinski definition) is 4. The molecule has 0 aromatic heterocycles. The van der Waals surface area contributed by atoms with Crippen molar-refractivity contribution >= 4 is 0 Å². The third-order valence-corrected chi connectivity index (χ3v) is 5.66. The van der Waals surface area contributed by atoms with Crippen LogP contribution < -0.4 is 0 Å². The van der Waals surface area contributed by atoms with Crippen molar-refractivity contribution in [3.63, 3.8) is 0 Å². The summed E-state index contributed by atoms with van der Waals surface area (Å²) in [6.45, 7) is 1.71. The summed E-state index contributed by atoms with van der Waals surface area (Å²) in [5, 5.41) is 19.1. The molecule has 140 valence electrons. The zero-order valence-electron chi connectivity index (χ0n) is 14.0. The van der Waals surface area contributed by atoms with Crippen molar-refractivity contribution in [2.45, 2.75) is 44.2 Å². The number of alkyl halides is 3. The molecule has 2 N–H and O–H groups in total. The molecule has 4 nitrogen and oxygen atoms in total. The number of halogens is 3. The van der Waals surface area contributed by atoms with Gasteiger partial charge in [-0.3, -0.25) is 4.90 Å². The molecule has 1 aromatic rings. The molecule has 3 rings (SSSR count). The number of piperidine rings is 1. The largest absolute Gasteiger partial charge is 0.416 e. The molecule has 2 atom stereocenters. The monoisotopic (exact) mass is 359 g/mol. The van der Waals surface area contributed by atoms with Crippen molar-refractivity contribution in [1.82, 2.24) is 4.90 Å². The van der Waals surface area contributed by atoms with Gasteiger partial charge < -0.3 is 14.9 Å². The van der Waals surface area contributed by atoms with Gasteiger partial charge in [0.1, 0.15) is 0 Å². The van der Waals surface area contributed by atoms with Gasteiger partial charge in [-0.15, -0.1) is 0 Å². The lowest BCUT2D eigenvalue weighted by Gasteiger charge is -2.56. The minimum absolute atomic E-state index is 0.0526. The molecule has 1 aromatic carbocycles. The average molecular weight is 359 g/mol. The molecule has 0 bridgehead atoms. The third kappa shape index (κ3) is 3.69. The van der Waals surface area contributed by atoms with Gasteiger partial charge in [0.2, 0.25) is 0 Å².